The Bertz CT molecular complexity index is 4890. The number of fused-ring (bicyclic) bond motifs is 14. The molecule has 6 fully saturated rings. The lowest BCUT2D eigenvalue weighted by Crippen LogP contribution is -2.41. The Morgan fingerprint density at radius 1 is 0.355 bits per heavy atom. The quantitative estimate of drug-likeness (QED) is 0.117. The molecule has 2 unspecified atom stereocenters. The molecule has 4 aromatic heterocycles. The van der Waals surface area contributed by atoms with Crippen molar-refractivity contribution < 1.29 is 4.39 Å². The Hall–Kier alpha value is -7.19. The van der Waals surface area contributed by atoms with Crippen molar-refractivity contribution in [3.05, 3.63) is 189 Å². The van der Waals surface area contributed by atoms with E-state index in [1.807, 2.05) is 0 Å². The molecule has 17 heteroatoms. The fourth-order valence-corrected chi connectivity index (χ4v) is 20.8. The van der Waals surface area contributed by atoms with Crippen molar-refractivity contribution in [2.45, 2.75) is 244 Å². The molecule has 580 valence electrons. The van der Waals surface area contributed by atoms with E-state index in [9.17, 15) is 4.39 Å². The number of likely N-dealkylation sites (tertiary alicyclic amines) is 2. The van der Waals surface area contributed by atoms with Gasteiger partial charge in [-0.15, -0.1) is 0 Å². The second kappa shape index (κ2) is 32.0. The van der Waals surface area contributed by atoms with Gasteiger partial charge in [-0.3, -0.25) is 39.2 Å². The van der Waals surface area contributed by atoms with E-state index in [0.717, 1.165) is 172 Å². The molecule has 22 rings (SSSR count). The summed E-state index contributed by atoms with van der Waals surface area (Å²) >= 11 is 0. The third kappa shape index (κ3) is 16.0. The summed E-state index contributed by atoms with van der Waals surface area (Å²) in [4.78, 5) is 40.8. The lowest BCUT2D eigenvalue weighted by molar-refractivity contribution is 0.130. The molecule has 6 aromatic carbocycles. The molecular weight excluding hydrogens is 1360 g/mol. The zero-order valence-corrected chi connectivity index (χ0v) is 66.5. The molecule has 110 heavy (non-hydrogen) atoms. The number of halogens is 1. The number of aromatic nitrogens is 8. The number of alkyl halides is 1. The molecule has 10 aromatic rings. The summed E-state index contributed by atoms with van der Waals surface area (Å²) in [5, 5.41) is 0. The van der Waals surface area contributed by atoms with E-state index in [1.54, 1.807) is 6.92 Å². The van der Waals surface area contributed by atoms with Crippen LogP contribution in [0.2, 0.25) is 0 Å². The van der Waals surface area contributed by atoms with Crippen LogP contribution >= 0.6 is 0 Å². The van der Waals surface area contributed by atoms with Gasteiger partial charge in [-0.25, -0.2) is 24.3 Å². The van der Waals surface area contributed by atoms with Crippen LogP contribution in [0.1, 0.15) is 177 Å². The van der Waals surface area contributed by atoms with E-state index in [4.69, 9.17) is 19.9 Å². The molecule has 0 spiro atoms. The molecule has 4 aliphatic carbocycles. The number of rotatable bonds is 12. The number of benzene rings is 6. The average Bonchev–Trinajstić information content (AvgIpc) is 1.64. The summed E-state index contributed by atoms with van der Waals surface area (Å²) in [5.74, 6) is 5.95. The highest BCUT2D eigenvalue weighted by molar-refractivity contribution is 5.79. The first kappa shape index (κ1) is 73.0. The van der Waals surface area contributed by atoms with Gasteiger partial charge in [0.05, 0.1) is 44.1 Å². The Balaban J connectivity index is 0.0000000996. The van der Waals surface area contributed by atoms with Crippen molar-refractivity contribution in [3.8, 4) is 0 Å². The molecule has 0 N–H and O–H groups in total. The molecule has 0 radical (unpaired) electrons. The molecular formula is C93H121FN16. The maximum Gasteiger partial charge on any atom is 0.122 e. The van der Waals surface area contributed by atoms with Crippen molar-refractivity contribution in [2.24, 2.45) is 5.92 Å². The minimum Gasteiger partial charge on any atom is -0.327 e. The van der Waals surface area contributed by atoms with Gasteiger partial charge in [0.15, 0.2) is 0 Å². The first-order valence-electron chi connectivity index (χ1n) is 43.5. The van der Waals surface area contributed by atoms with Crippen LogP contribution < -0.4 is 0 Å². The summed E-state index contributed by atoms with van der Waals surface area (Å²) < 4.78 is 23.9. The van der Waals surface area contributed by atoms with Crippen LogP contribution in [0.15, 0.2) is 115 Å². The molecule has 0 bridgehead atoms. The van der Waals surface area contributed by atoms with Gasteiger partial charge in [0.1, 0.15) is 29.0 Å². The van der Waals surface area contributed by atoms with Crippen LogP contribution in [-0.4, -0.2) is 199 Å². The molecule has 4 saturated carbocycles. The highest BCUT2D eigenvalue weighted by Crippen LogP contribution is 2.35. The largest absolute Gasteiger partial charge is 0.327 e. The zero-order chi connectivity index (χ0) is 73.8. The first-order chi connectivity index (χ1) is 53.9. The average molecular weight is 1480 g/mol. The fraction of sp³-hybridized carbons (Fsp3) is 0.570. The third-order valence-electron chi connectivity index (χ3n) is 28.2. The smallest absolute Gasteiger partial charge is 0.122 e. The Morgan fingerprint density at radius 2 is 0.727 bits per heavy atom. The maximum absolute atomic E-state index is 14.1. The number of hydrogen-bond donors (Lipinski definition) is 0. The van der Waals surface area contributed by atoms with Crippen molar-refractivity contribution in [1.82, 2.24) is 77.4 Å². The summed E-state index contributed by atoms with van der Waals surface area (Å²) in [6.45, 7) is 32.2. The van der Waals surface area contributed by atoms with Crippen LogP contribution in [0, 0.1) is 12.8 Å². The highest BCUT2D eigenvalue weighted by Gasteiger charge is 2.36. The summed E-state index contributed by atoms with van der Waals surface area (Å²) in [5.41, 5.74) is 21.8. The van der Waals surface area contributed by atoms with Gasteiger partial charge in [0, 0.05) is 200 Å². The minimum atomic E-state index is -1.03. The van der Waals surface area contributed by atoms with Gasteiger partial charge in [-0.05, 0) is 196 Å². The monoisotopic (exact) mass is 1480 g/mol. The van der Waals surface area contributed by atoms with Crippen LogP contribution in [0.25, 0.3) is 44.1 Å². The molecule has 16 nitrogen and oxygen atoms in total. The molecule has 2 saturated heterocycles. The van der Waals surface area contributed by atoms with Gasteiger partial charge in [-0.2, -0.15) is 0 Å². The summed E-state index contributed by atoms with van der Waals surface area (Å²) in [7, 11) is 0. The van der Waals surface area contributed by atoms with Crippen molar-refractivity contribution in [2.75, 3.05) is 91.6 Å². The Morgan fingerprint density at radius 3 is 1.09 bits per heavy atom. The van der Waals surface area contributed by atoms with E-state index >= 15 is 0 Å². The lowest BCUT2D eigenvalue weighted by atomic mass is 9.91. The number of imidazole rings is 4. The normalized spacial score (nSPS) is 23.7. The van der Waals surface area contributed by atoms with Gasteiger partial charge in [0.25, 0.3) is 0 Å². The van der Waals surface area contributed by atoms with Crippen molar-refractivity contribution in [1.29, 1.82) is 0 Å². The molecule has 2 atom stereocenters. The molecule has 0 amide bonds. The Kier molecular flexibility index (Phi) is 21.2. The SMILES string of the molecule is CC1(F)CCN(Cc2ccc3c(c2)nc2n3CCN(C3CCC3)CC2)C1.CC1CCN(Cc2ccc3c(c2)nc2n3CCN(C3CCC3)CC2)C1.Cc1ccc2c(c1)CCN(Cc1ccc3c(c1)nc1n3CCN(C3CCC3)CC1)C2.c1ccc2c(c1)CCN(Cc1ccc3c(c1)nc1n3CCN(C3CCC3)CC1)C2. The number of nitrogens with zero attached hydrogens (tertiary/aromatic N) is 16. The van der Waals surface area contributed by atoms with E-state index in [2.05, 4.69) is 187 Å². The number of aryl methyl sites for hydroxylation is 1. The molecule has 12 aliphatic rings. The molecule has 12 heterocycles. The van der Waals surface area contributed by atoms with Crippen LogP contribution in [0.5, 0.6) is 0 Å². The number of hydrogen-bond acceptors (Lipinski definition) is 12. The van der Waals surface area contributed by atoms with Crippen LogP contribution in [0.3, 0.4) is 0 Å². The summed E-state index contributed by atoms with van der Waals surface area (Å²) in [6.07, 6.45) is 25.4. The molecule has 8 aliphatic heterocycles. The fourth-order valence-electron chi connectivity index (χ4n) is 20.8. The van der Waals surface area contributed by atoms with Gasteiger partial charge >= 0.3 is 0 Å². The second-order valence-corrected chi connectivity index (χ2v) is 36.0. The van der Waals surface area contributed by atoms with Crippen molar-refractivity contribution in [3.63, 3.8) is 0 Å². The predicted molar refractivity (Wildman–Crippen MR) is 442 cm³/mol. The predicted octanol–water partition coefficient (Wildman–Crippen LogP) is 15.0. The summed E-state index contributed by atoms with van der Waals surface area (Å²) in [6, 6.07) is 46.8. The van der Waals surface area contributed by atoms with E-state index < -0.39 is 5.67 Å². The zero-order valence-electron chi connectivity index (χ0n) is 66.5. The third-order valence-corrected chi connectivity index (χ3v) is 28.2. The van der Waals surface area contributed by atoms with Gasteiger partial charge in [0.2, 0.25) is 0 Å². The van der Waals surface area contributed by atoms with Gasteiger partial charge in [-0.1, -0.05) is 105 Å². The minimum absolute atomic E-state index is 0.543. The lowest BCUT2D eigenvalue weighted by Gasteiger charge is -2.36. The topological polar surface area (TPSA) is 97.2 Å². The van der Waals surface area contributed by atoms with E-state index in [0.29, 0.717) is 13.0 Å². The second-order valence-electron chi connectivity index (χ2n) is 36.0. The van der Waals surface area contributed by atoms with Crippen LogP contribution in [-0.2, 0) is 104 Å². The Labute approximate surface area is 653 Å². The maximum atomic E-state index is 14.1. The van der Waals surface area contributed by atoms with E-state index in [-0.39, 0.29) is 0 Å². The van der Waals surface area contributed by atoms with Gasteiger partial charge < -0.3 is 18.3 Å². The van der Waals surface area contributed by atoms with Crippen molar-refractivity contribution >= 4 is 44.1 Å². The standard InChI is InChI=1S/C26H32N4.C25H30N4.C21H29FN4.C21H30N4/c1-19-5-7-22-18-28(11-9-21(22)15-19)17-20-6-8-25-24(16-20)27-26-10-12-29(13-14-30(25)26)23-3-2-4-23;1-2-5-21-18-27(12-10-20(21)4-1)17-19-8-9-24-23(16-19)26-25-11-13-28(14-15-29(24)25)22-6-3-7-22;1-21(22)8-10-24(15-21)14-16-5-6-19-18(13-16)23-20-7-9-25(11-12-26(19)20)17-3-2-4-17;1-16-7-9-23(14-16)15-17-5-6-20-19(13-17)22-21-8-10-24(11-12-25(20)21)18-3-2-4-18/h5-8,15-16,23H,2-4,9-14,17-18H2,1H3;1-2,4-5,8-9,16,22H,3,6-7,10-15,17-18H2;5-6,13,17H,2-4,7-12,14-15H2,1H3;5-6,13,16,18H,2-4,7-12,14-15H2,1H3. The van der Waals surface area contributed by atoms with E-state index in [1.165, 1.54) is 248 Å². The van der Waals surface area contributed by atoms with Crippen LogP contribution in [0.4, 0.5) is 4.39 Å². The first-order valence-corrected chi connectivity index (χ1v) is 43.5. The highest BCUT2D eigenvalue weighted by atomic mass is 19.1.